The van der Waals surface area contributed by atoms with Crippen molar-refractivity contribution in [2.75, 3.05) is 58.2 Å². The fourth-order valence-electron chi connectivity index (χ4n) is 11.5. The molecule has 0 fully saturated rings. The maximum atomic E-state index is 13.1. The molecule has 0 unspecified atom stereocenters. The SMILES string of the molecule is CC(C)(C)c1ccc2c(c1)CN(c1ccc(F)cc1)CO2.CC(C)(C)c1ccc2c(c1)CN(c1ccccn1)CO2.CC(C)(C)c1ccc2c(c1)CN(c1ccncc1)CO2.CC(C)(C)c1ccc2c(c1)CN(c1ncccn1)CO2.Fc1ccc2c(c1)CN(c1ccccn1)CO2. The monoisotopic (exact) mass is 1320 g/mol. The lowest BCUT2D eigenvalue weighted by Crippen LogP contribution is -2.33. The van der Waals surface area contributed by atoms with Crippen LogP contribution in [0.1, 0.15) is 133 Å². The Balaban J connectivity index is 0.000000124. The predicted octanol–water partition coefficient (Wildman–Crippen LogP) is 17.7. The molecule has 0 atom stereocenters. The van der Waals surface area contributed by atoms with Gasteiger partial charge in [0, 0.05) is 89.5 Å². The molecule has 15 nitrogen and oxygen atoms in total. The van der Waals surface area contributed by atoms with Gasteiger partial charge in [0.1, 0.15) is 52.0 Å². The van der Waals surface area contributed by atoms with Gasteiger partial charge in [-0.15, -0.1) is 0 Å². The molecule has 6 aromatic carbocycles. The molecule has 10 aromatic rings. The summed E-state index contributed by atoms with van der Waals surface area (Å²) in [4.78, 5) is 31.7. The normalized spacial score (nSPS) is 14.5. The Kier molecular flexibility index (Phi) is 21.1. The minimum absolute atomic E-state index is 0.118. The summed E-state index contributed by atoms with van der Waals surface area (Å²) in [6.07, 6.45) is 10.7. The van der Waals surface area contributed by atoms with Crippen molar-refractivity contribution in [1.29, 1.82) is 0 Å². The second-order valence-corrected chi connectivity index (χ2v) is 29.0. The second-order valence-electron chi connectivity index (χ2n) is 29.0. The number of ether oxygens (including phenoxy) is 5. The Morgan fingerprint density at radius 2 is 0.612 bits per heavy atom. The van der Waals surface area contributed by atoms with Crippen molar-refractivity contribution in [3.8, 4) is 28.7 Å². The van der Waals surface area contributed by atoms with Gasteiger partial charge < -0.3 is 48.2 Å². The van der Waals surface area contributed by atoms with E-state index in [4.69, 9.17) is 23.7 Å². The van der Waals surface area contributed by atoms with Gasteiger partial charge in [-0.05, 0) is 177 Å². The van der Waals surface area contributed by atoms with Gasteiger partial charge >= 0.3 is 0 Å². The van der Waals surface area contributed by atoms with Crippen LogP contribution in [-0.2, 0) is 54.4 Å². The number of benzene rings is 6. The second kappa shape index (κ2) is 30.0. The van der Waals surface area contributed by atoms with E-state index in [0.29, 0.717) is 46.1 Å². The Bertz CT molecular complexity index is 4000. The first-order valence-corrected chi connectivity index (χ1v) is 33.3. The summed E-state index contributed by atoms with van der Waals surface area (Å²) in [5, 5.41) is 0. The van der Waals surface area contributed by atoms with E-state index in [9.17, 15) is 8.78 Å². The van der Waals surface area contributed by atoms with Crippen molar-refractivity contribution in [2.24, 2.45) is 0 Å². The summed E-state index contributed by atoms with van der Waals surface area (Å²) >= 11 is 0. The van der Waals surface area contributed by atoms with Crippen LogP contribution in [0.4, 0.5) is 37.7 Å². The van der Waals surface area contributed by atoms with Gasteiger partial charge in [0.05, 0.1) is 19.6 Å². The van der Waals surface area contributed by atoms with E-state index in [-0.39, 0.29) is 33.3 Å². The Morgan fingerprint density at radius 3 is 0.990 bits per heavy atom. The lowest BCUT2D eigenvalue weighted by molar-refractivity contribution is 0.286. The highest BCUT2D eigenvalue weighted by atomic mass is 19.1. The van der Waals surface area contributed by atoms with Crippen LogP contribution in [0.5, 0.6) is 28.7 Å². The first-order valence-electron chi connectivity index (χ1n) is 33.3. The van der Waals surface area contributed by atoms with Crippen LogP contribution in [0.2, 0.25) is 0 Å². The van der Waals surface area contributed by atoms with Crippen molar-refractivity contribution in [3.63, 3.8) is 0 Å². The lowest BCUT2D eigenvalue weighted by Gasteiger charge is -2.32. The van der Waals surface area contributed by atoms with E-state index in [1.807, 2.05) is 83.0 Å². The standard InChI is InChI=1S/C18H20FNO.2C17H20N2O.C16H19N3O.C13H11FN2O/c1-18(2,3)14-4-9-17-13(10-14)11-20(12-21-17)16-7-5-15(19)6-8-16;1-17(2,3)14-4-5-16-13(10-14)11-19(12-20-16)15-6-8-18-9-7-15;1-17(2,3)14-7-8-15-13(10-14)11-19(12-20-15)16-6-4-5-9-18-16;1-16(2,3)13-5-6-14-12(9-13)10-19(11-20-14)15-17-7-4-8-18-15;14-11-4-5-12-10(7-11)8-16(9-17-12)13-3-1-2-6-15-13/h4-10H,11-12H2,1-3H3;2*4-10H,11-12H2,1-3H3;4-9H,10-11H2,1-3H3;1-7H,8-9H2. The van der Waals surface area contributed by atoms with E-state index in [1.54, 1.807) is 36.8 Å². The van der Waals surface area contributed by atoms with Crippen molar-refractivity contribution in [1.82, 2.24) is 24.9 Å². The van der Waals surface area contributed by atoms with Crippen LogP contribution in [0.3, 0.4) is 0 Å². The molecule has 98 heavy (non-hydrogen) atoms. The summed E-state index contributed by atoms with van der Waals surface area (Å²) < 4.78 is 55.1. The molecule has 0 saturated heterocycles. The fourth-order valence-corrected chi connectivity index (χ4v) is 11.5. The van der Waals surface area contributed by atoms with Crippen LogP contribution in [-0.4, -0.2) is 58.6 Å². The van der Waals surface area contributed by atoms with Gasteiger partial charge in [-0.2, -0.15) is 0 Å². The molecular weight excluding hydrogens is 1230 g/mol. The Labute approximate surface area is 576 Å². The van der Waals surface area contributed by atoms with Gasteiger partial charge in [0.25, 0.3) is 0 Å². The van der Waals surface area contributed by atoms with Crippen LogP contribution < -0.4 is 48.2 Å². The predicted molar refractivity (Wildman–Crippen MR) is 387 cm³/mol. The third-order valence-corrected chi connectivity index (χ3v) is 17.4. The van der Waals surface area contributed by atoms with Gasteiger partial charge in [0.2, 0.25) is 5.95 Å². The van der Waals surface area contributed by atoms with Gasteiger partial charge in [-0.25, -0.2) is 28.7 Å². The molecule has 17 heteroatoms. The highest BCUT2D eigenvalue weighted by Crippen LogP contribution is 2.38. The number of pyridine rings is 3. The lowest BCUT2D eigenvalue weighted by atomic mass is 9.86. The molecule has 0 N–H and O–H groups in total. The quantitative estimate of drug-likeness (QED) is 0.162. The molecule has 0 saturated carbocycles. The van der Waals surface area contributed by atoms with Gasteiger partial charge in [0.15, 0.2) is 33.7 Å². The van der Waals surface area contributed by atoms with Crippen LogP contribution in [0.25, 0.3) is 0 Å². The molecule has 0 spiro atoms. The molecule has 0 bridgehead atoms. The van der Waals surface area contributed by atoms with E-state index >= 15 is 0 Å². The zero-order valence-corrected chi connectivity index (χ0v) is 58.5. The van der Waals surface area contributed by atoms with Gasteiger partial charge in [-0.1, -0.05) is 119 Å². The van der Waals surface area contributed by atoms with E-state index in [1.165, 1.54) is 68.8 Å². The number of rotatable bonds is 5. The number of aromatic nitrogens is 5. The van der Waals surface area contributed by atoms with Gasteiger partial charge in [-0.3, -0.25) is 4.98 Å². The van der Waals surface area contributed by atoms with Crippen LogP contribution >= 0.6 is 0 Å². The number of anilines is 5. The first kappa shape index (κ1) is 69.1. The molecule has 9 heterocycles. The summed E-state index contributed by atoms with van der Waals surface area (Å²) in [6.45, 7) is 33.1. The van der Waals surface area contributed by atoms with Crippen molar-refractivity contribution in [2.45, 2.75) is 137 Å². The molecule has 5 aliphatic heterocycles. The summed E-state index contributed by atoms with van der Waals surface area (Å²) in [6, 6.07) is 54.5. The molecule has 0 radical (unpaired) electrons. The van der Waals surface area contributed by atoms with Crippen molar-refractivity contribution < 1.29 is 32.5 Å². The minimum Gasteiger partial charge on any atom is -0.473 e. The summed E-state index contributed by atoms with van der Waals surface area (Å²) in [5.74, 6) is 6.70. The van der Waals surface area contributed by atoms with E-state index in [0.717, 1.165) is 83.5 Å². The maximum absolute atomic E-state index is 13.1. The maximum Gasteiger partial charge on any atom is 0.228 e. The first-order chi connectivity index (χ1) is 46.9. The zero-order valence-electron chi connectivity index (χ0n) is 58.5. The van der Waals surface area contributed by atoms with Crippen LogP contribution in [0, 0.1) is 11.6 Å². The highest BCUT2D eigenvalue weighted by molar-refractivity contribution is 5.54. The third kappa shape index (κ3) is 17.8. The van der Waals surface area contributed by atoms with Crippen LogP contribution in [0.15, 0.2) is 207 Å². The summed E-state index contributed by atoms with van der Waals surface area (Å²) in [5.41, 5.74) is 13.7. The van der Waals surface area contributed by atoms with E-state index < -0.39 is 0 Å². The average molecular weight is 1320 g/mol. The number of hydrogen-bond acceptors (Lipinski definition) is 15. The molecule has 508 valence electrons. The smallest absolute Gasteiger partial charge is 0.228 e. The highest BCUT2D eigenvalue weighted by Gasteiger charge is 2.27. The van der Waals surface area contributed by atoms with E-state index in [2.05, 4.69) is 196 Å². The zero-order chi connectivity index (χ0) is 69.2. The topological polar surface area (TPSA) is 127 Å². The number of halogens is 2. The Hall–Kier alpha value is -10.3. The minimum atomic E-state index is -0.241. The molecule has 5 aliphatic rings. The molecular formula is C81H90F2N10O5. The third-order valence-electron chi connectivity index (χ3n) is 17.4. The molecule has 0 amide bonds. The Morgan fingerprint density at radius 1 is 0.296 bits per heavy atom. The number of fused-ring (bicyclic) bond motifs is 5. The average Bonchev–Trinajstić information content (AvgIpc) is 0.843. The molecule has 15 rings (SSSR count). The van der Waals surface area contributed by atoms with Crippen molar-refractivity contribution >= 4 is 29.0 Å². The molecule has 0 aliphatic carbocycles. The number of hydrogen-bond donors (Lipinski definition) is 0. The molecule has 4 aromatic heterocycles. The number of nitrogens with zero attached hydrogens (tertiary/aromatic N) is 10. The fraction of sp³-hybridized carbons (Fsp3) is 0.321. The largest absolute Gasteiger partial charge is 0.473 e. The van der Waals surface area contributed by atoms with Crippen molar-refractivity contribution in [3.05, 3.63) is 269 Å². The summed E-state index contributed by atoms with van der Waals surface area (Å²) in [7, 11) is 0.